The molecule has 164 valence electrons. The van der Waals surface area contributed by atoms with Gasteiger partial charge in [0, 0.05) is 50.5 Å². The van der Waals surface area contributed by atoms with Crippen LogP contribution in [-0.4, -0.2) is 66.6 Å². The van der Waals surface area contributed by atoms with Gasteiger partial charge in [0.15, 0.2) is 11.1 Å². The summed E-state index contributed by atoms with van der Waals surface area (Å²) in [7, 11) is 0. The lowest BCUT2D eigenvalue weighted by Gasteiger charge is -2.40. The summed E-state index contributed by atoms with van der Waals surface area (Å²) in [5.74, 6) is 1.37. The summed E-state index contributed by atoms with van der Waals surface area (Å²) in [6, 6.07) is 7.86. The zero-order chi connectivity index (χ0) is 21.8. The lowest BCUT2D eigenvalue weighted by Crippen LogP contribution is -2.49. The van der Waals surface area contributed by atoms with Crippen molar-refractivity contribution in [2.45, 2.75) is 11.8 Å². The summed E-state index contributed by atoms with van der Waals surface area (Å²) < 4.78 is 20.1. The van der Waals surface area contributed by atoms with Crippen molar-refractivity contribution < 1.29 is 8.76 Å². The van der Waals surface area contributed by atoms with E-state index in [1.165, 1.54) is 6.33 Å². The van der Waals surface area contributed by atoms with Gasteiger partial charge in [0.05, 0.1) is 17.5 Å². The average Bonchev–Trinajstić information content (AvgIpc) is 3.30. The van der Waals surface area contributed by atoms with Gasteiger partial charge in [-0.05, 0) is 11.1 Å². The quantitative estimate of drug-likeness (QED) is 0.393. The van der Waals surface area contributed by atoms with Crippen LogP contribution in [-0.2, 0) is 16.8 Å². The molecule has 11 heteroatoms. The van der Waals surface area contributed by atoms with Gasteiger partial charge in [-0.1, -0.05) is 24.3 Å². The van der Waals surface area contributed by atoms with E-state index in [9.17, 15) is 4.21 Å². The molecule has 0 aliphatic carbocycles. The lowest BCUT2D eigenvalue weighted by molar-refractivity contribution is 0.190. The minimum Gasteiger partial charge on any atom is -0.383 e. The van der Waals surface area contributed by atoms with Gasteiger partial charge in [-0.15, -0.1) is 0 Å². The number of piperazine rings is 1. The number of nitrogens with zero attached hydrogens (tertiary/aromatic N) is 5. The minimum atomic E-state index is -1.84. The Bertz CT molecular complexity index is 1020. The third kappa shape index (κ3) is 4.74. The highest BCUT2D eigenvalue weighted by Crippen LogP contribution is 2.33. The summed E-state index contributed by atoms with van der Waals surface area (Å²) in [5, 5.41) is 6.84. The first-order valence-corrected chi connectivity index (χ1v) is 11.3. The molecular weight excluding hydrogens is 416 g/mol. The highest BCUT2D eigenvalue weighted by Gasteiger charge is 2.27. The predicted molar refractivity (Wildman–Crippen MR) is 121 cm³/mol. The molecule has 0 radical (unpaired) electrons. The molecule has 1 saturated heterocycles. The van der Waals surface area contributed by atoms with E-state index in [0.717, 1.165) is 54.3 Å². The highest BCUT2D eigenvalue weighted by atomic mass is 32.2. The molecule has 10 nitrogen and oxygen atoms in total. The van der Waals surface area contributed by atoms with E-state index in [2.05, 4.69) is 30.0 Å². The number of aromatic amines is 1. The van der Waals surface area contributed by atoms with Gasteiger partial charge in [-0.2, -0.15) is 5.10 Å². The Morgan fingerprint density at radius 2 is 1.90 bits per heavy atom. The molecule has 1 fully saturated rings. The van der Waals surface area contributed by atoms with Crippen molar-refractivity contribution in [3.63, 3.8) is 0 Å². The molecule has 1 aliphatic rings. The van der Waals surface area contributed by atoms with Gasteiger partial charge in [-0.3, -0.25) is 10.00 Å². The number of benzene rings is 1. The van der Waals surface area contributed by atoms with Crippen molar-refractivity contribution in [3.8, 4) is 11.1 Å². The standard InChI is InChI=1S/C20H26N8O2S/c21-9-17(15-3-1-14(2-4-15)12-31(29)30)27-5-7-28(8-6-27)20-18(16-10-25-26-11-16)19(22)23-13-24-20/h1-4,10-11,13,17H,5-9,12,21H2,(H,25,26)(H,29,30)(H2,22,23,24). The maximum atomic E-state index is 11.0. The maximum Gasteiger partial charge on any atom is 0.157 e. The number of aromatic nitrogens is 4. The van der Waals surface area contributed by atoms with Gasteiger partial charge in [0.1, 0.15) is 18.0 Å². The third-order valence-electron chi connectivity index (χ3n) is 5.58. The first-order chi connectivity index (χ1) is 15.1. The summed E-state index contributed by atoms with van der Waals surface area (Å²) in [5.41, 5.74) is 15.9. The van der Waals surface area contributed by atoms with Crippen molar-refractivity contribution in [2.75, 3.05) is 43.4 Å². The number of anilines is 2. The SMILES string of the molecule is NCC(c1ccc(CS(=O)O)cc1)N1CCN(c2ncnc(N)c2-c2cn[nH]c2)CC1. The maximum absolute atomic E-state index is 11.0. The fraction of sp³-hybridized carbons (Fsp3) is 0.350. The number of nitrogen functional groups attached to an aromatic ring is 1. The normalized spacial score (nSPS) is 16.9. The molecule has 2 atom stereocenters. The molecule has 3 heterocycles. The predicted octanol–water partition coefficient (Wildman–Crippen LogP) is 0.993. The third-order valence-corrected chi connectivity index (χ3v) is 6.16. The molecule has 0 amide bonds. The molecule has 0 spiro atoms. The van der Waals surface area contributed by atoms with Crippen LogP contribution < -0.4 is 16.4 Å². The molecule has 2 aromatic heterocycles. The van der Waals surface area contributed by atoms with Crippen molar-refractivity contribution in [1.29, 1.82) is 0 Å². The number of hydrogen-bond acceptors (Lipinski definition) is 8. The van der Waals surface area contributed by atoms with E-state index in [4.69, 9.17) is 16.0 Å². The molecule has 31 heavy (non-hydrogen) atoms. The van der Waals surface area contributed by atoms with Crippen molar-refractivity contribution in [1.82, 2.24) is 25.1 Å². The van der Waals surface area contributed by atoms with Crippen LogP contribution in [0.1, 0.15) is 17.2 Å². The van der Waals surface area contributed by atoms with Crippen LogP contribution in [0.4, 0.5) is 11.6 Å². The first kappa shape index (κ1) is 21.4. The van der Waals surface area contributed by atoms with Crippen LogP contribution in [0, 0.1) is 0 Å². The Kier molecular flexibility index (Phi) is 6.56. The fourth-order valence-corrected chi connectivity index (χ4v) is 4.49. The van der Waals surface area contributed by atoms with Gasteiger partial charge in [0.2, 0.25) is 0 Å². The summed E-state index contributed by atoms with van der Waals surface area (Å²) >= 11 is -1.84. The Morgan fingerprint density at radius 3 is 2.52 bits per heavy atom. The Morgan fingerprint density at radius 1 is 1.16 bits per heavy atom. The number of nitrogens with one attached hydrogen (secondary N) is 1. The number of hydrogen-bond donors (Lipinski definition) is 4. The molecule has 3 aromatic rings. The molecule has 2 unspecified atom stereocenters. The minimum absolute atomic E-state index is 0.0830. The molecule has 1 aliphatic heterocycles. The second kappa shape index (κ2) is 9.52. The van der Waals surface area contributed by atoms with Crippen molar-refractivity contribution >= 4 is 22.7 Å². The molecule has 0 bridgehead atoms. The van der Waals surface area contributed by atoms with Crippen LogP contribution in [0.25, 0.3) is 11.1 Å². The van der Waals surface area contributed by atoms with Gasteiger partial charge in [0.25, 0.3) is 0 Å². The van der Waals surface area contributed by atoms with E-state index in [0.29, 0.717) is 12.4 Å². The molecular formula is C20H26N8O2S. The van der Waals surface area contributed by atoms with E-state index >= 15 is 0 Å². The van der Waals surface area contributed by atoms with E-state index in [1.54, 1.807) is 12.4 Å². The lowest BCUT2D eigenvalue weighted by atomic mass is 10.0. The van der Waals surface area contributed by atoms with Crippen molar-refractivity contribution in [2.24, 2.45) is 5.73 Å². The highest BCUT2D eigenvalue weighted by molar-refractivity contribution is 7.78. The Labute approximate surface area is 183 Å². The van der Waals surface area contributed by atoms with Crippen LogP contribution in [0.2, 0.25) is 0 Å². The summed E-state index contributed by atoms with van der Waals surface area (Å²) in [4.78, 5) is 13.2. The molecule has 4 rings (SSSR count). The second-order valence-electron chi connectivity index (χ2n) is 7.43. The van der Waals surface area contributed by atoms with Gasteiger partial charge in [-0.25, -0.2) is 14.2 Å². The average molecular weight is 443 g/mol. The topological polar surface area (TPSA) is 150 Å². The monoisotopic (exact) mass is 442 g/mol. The van der Waals surface area contributed by atoms with E-state index < -0.39 is 11.1 Å². The summed E-state index contributed by atoms with van der Waals surface area (Å²) in [6.07, 6.45) is 4.99. The molecule has 6 N–H and O–H groups in total. The summed E-state index contributed by atoms with van der Waals surface area (Å²) in [6.45, 7) is 3.68. The first-order valence-electron chi connectivity index (χ1n) is 10.0. The zero-order valence-electron chi connectivity index (χ0n) is 17.0. The number of H-pyrrole nitrogens is 1. The van der Waals surface area contributed by atoms with Gasteiger partial charge >= 0.3 is 0 Å². The largest absolute Gasteiger partial charge is 0.383 e. The Balaban J connectivity index is 1.47. The number of nitrogens with two attached hydrogens (primary N) is 2. The number of rotatable bonds is 7. The van der Waals surface area contributed by atoms with Crippen LogP contribution in [0.15, 0.2) is 43.0 Å². The molecule has 0 saturated carbocycles. The van der Waals surface area contributed by atoms with Crippen LogP contribution in [0.3, 0.4) is 0 Å². The molecule has 1 aromatic carbocycles. The zero-order valence-corrected chi connectivity index (χ0v) is 17.8. The Hall–Kier alpha value is -2.86. The van der Waals surface area contributed by atoms with E-state index in [1.807, 2.05) is 24.3 Å². The smallest absolute Gasteiger partial charge is 0.157 e. The van der Waals surface area contributed by atoms with Gasteiger partial charge < -0.3 is 20.9 Å². The fourth-order valence-electron chi connectivity index (χ4n) is 4.01. The van der Waals surface area contributed by atoms with Crippen LogP contribution >= 0.6 is 0 Å². The van der Waals surface area contributed by atoms with Crippen molar-refractivity contribution in [3.05, 3.63) is 54.1 Å². The van der Waals surface area contributed by atoms with E-state index in [-0.39, 0.29) is 11.8 Å². The second-order valence-corrected chi connectivity index (χ2v) is 8.36. The van der Waals surface area contributed by atoms with Crippen LogP contribution in [0.5, 0.6) is 0 Å².